The molecule has 1 aliphatic rings. The molecule has 0 aromatic carbocycles. The van der Waals surface area contributed by atoms with E-state index in [4.69, 9.17) is 9.47 Å². The largest absolute Gasteiger partial charge is 0.385 e. The van der Waals surface area contributed by atoms with Crippen LogP contribution in [0.2, 0.25) is 0 Å². The summed E-state index contributed by atoms with van der Waals surface area (Å²) < 4.78 is 12.4. The highest BCUT2D eigenvalue weighted by molar-refractivity contribution is 5.92. The first kappa shape index (κ1) is 17.9. The molecular formula is C16H28N4O3. The third-order valence-corrected chi connectivity index (χ3v) is 3.98. The van der Waals surface area contributed by atoms with E-state index in [9.17, 15) is 4.79 Å². The summed E-state index contributed by atoms with van der Waals surface area (Å²) in [4.78, 5) is 14.4. The van der Waals surface area contributed by atoms with Crippen molar-refractivity contribution >= 4 is 5.91 Å². The van der Waals surface area contributed by atoms with Gasteiger partial charge in [-0.2, -0.15) is 5.10 Å². The summed E-state index contributed by atoms with van der Waals surface area (Å²) >= 11 is 0. The molecule has 23 heavy (non-hydrogen) atoms. The molecule has 1 atom stereocenters. The van der Waals surface area contributed by atoms with E-state index in [2.05, 4.69) is 15.3 Å². The molecule has 0 aliphatic carbocycles. The number of carbonyl (C=O) groups excluding carboxylic acids is 1. The maximum atomic E-state index is 12.0. The lowest BCUT2D eigenvalue weighted by atomic mass is 10.2. The standard InChI is InChI=1S/C16H28N4O3/c1-19-8-6-15(18-19)16(21)17-12-14-13-20(9-11-23-14)7-4-3-5-10-22-2/h6,8,14H,3-5,7,9-13H2,1-2H3,(H,17,21). The first-order valence-corrected chi connectivity index (χ1v) is 8.30. The third-order valence-electron chi connectivity index (χ3n) is 3.98. The molecule has 1 unspecified atom stereocenters. The Morgan fingerprint density at radius 2 is 2.35 bits per heavy atom. The summed E-state index contributed by atoms with van der Waals surface area (Å²) in [6.07, 6.45) is 5.29. The van der Waals surface area contributed by atoms with Crippen LogP contribution in [-0.4, -0.2) is 73.2 Å². The van der Waals surface area contributed by atoms with Gasteiger partial charge in [0, 0.05) is 46.6 Å². The summed E-state index contributed by atoms with van der Waals surface area (Å²) in [6, 6.07) is 1.71. The Morgan fingerprint density at radius 3 is 3.09 bits per heavy atom. The fourth-order valence-electron chi connectivity index (χ4n) is 2.70. The van der Waals surface area contributed by atoms with Crippen LogP contribution in [-0.2, 0) is 16.5 Å². The van der Waals surface area contributed by atoms with Gasteiger partial charge in [-0.15, -0.1) is 0 Å². The van der Waals surface area contributed by atoms with E-state index in [1.165, 1.54) is 12.8 Å². The van der Waals surface area contributed by atoms with Gasteiger partial charge >= 0.3 is 0 Å². The maximum absolute atomic E-state index is 12.0. The molecule has 0 saturated carbocycles. The number of nitrogens with zero attached hydrogens (tertiary/aromatic N) is 3. The van der Waals surface area contributed by atoms with Crippen molar-refractivity contribution in [1.29, 1.82) is 0 Å². The Labute approximate surface area is 137 Å². The van der Waals surface area contributed by atoms with E-state index < -0.39 is 0 Å². The average molecular weight is 324 g/mol. The van der Waals surface area contributed by atoms with E-state index in [1.807, 2.05) is 0 Å². The fraction of sp³-hybridized carbons (Fsp3) is 0.750. The van der Waals surface area contributed by atoms with E-state index in [0.717, 1.165) is 39.3 Å². The molecule has 0 spiro atoms. The van der Waals surface area contributed by atoms with Crippen LogP contribution < -0.4 is 5.32 Å². The van der Waals surface area contributed by atoms with Crippen LogP contribution in [0.3, 0.4) is 0 Å². The number of hydrogen-bond acceptors (Lipinski definition) is 5. The van der Waals surface area contributed by atoms with Gasteiger partial charge in [-0.05, 0) is 31.9 Å². The monoisotopic (exact) mass is 324 g/mol. The number of carbonyl (C=O) groups is 1. The third kappa shape index (κ3) is 6.29. The van der Waals surface area contributed by atoms with Gasteiger partial charge in [-0.1, -0.05) is 0 Å². The van der Waals surface area contributed by atoms with Crippen molar-refractivity contribution in [3.63, 3.8) is 0 Å². The quantitative estimate of drug-likeness (QED) is 0.676. The normalized spacial score (nSPS) is 19.0. The number of aryl methyl sites for hydroxylation is 1. The van der Waals surface area contributed by atoms with Crippen molar-refractivity contribution in [2.24, 2.45) is 7.05 Å². The maximum Gasteiger partial charge on any atom is 0.271 e. The summed E-state index contributed by atoms with van der Waals surface area (Å²) in [5.74, 6) is -0.147. The first-order valence-electron chi connectivity index (χ1n) is 8.30. The zero-order valence-corrected chi connectivity index (χ0v) is 14.2. The highest BCUT2D eigenvalue weighted by Gasteiger charge is 2.21. The molecule has 0 radical (unpaired) electrons. The van der Waals surface area contributed by atoms with Gasteiger partial charge in [-0.25, -0.2) is 0 Å². The minimum atomic E-state index is -0.147. The number of rotatable bonds is 9. The summed E-state index contributed by atoms with van der Waals surface area (Å²) in [6.45, 7) is 5.00. The Hall–Kier alpha value is -1.44. The second kappa shape index (κ2) is 9.64. The predicted molar refractivity (Wildman–Crippen MR) is 87.4 cm³/mol. The SMILES string of the molecule is COCCCCCN1CCOC(CNC(=O)c2ccn(C)n2)C1. The van der Waals surface area contributed by atoms with Crippen LogP contribution in [0, 0.1) is 0 Å². The van der Waals surface area contributed by atoms with Crippen LogP contribution in [0.5, 0.6) is 0 Å². The van der Waals surface area contributed by atoms with Gasteiger partial charge in [0.2, 0.25) is 0 Å². The lowest BCUT2D eigenvalue weighted by Crippen LogP contribution is -2.47. The zero-order chi connectivity index (χ0) is 16.5. The minimum absolute atomic E-state index is 0.0513. The Morgan fingerprint density at radius 1 is 1.48 bits per heavy atom. The van der Waals surface area contributed by atoms with Crippen LogP contribution in [0.1, 0.15) is 29.8 Å². The van der Waals surface area contributed by atoms with E-state index in [0.29, 0.717) is 12.2 Å². The molecule has 1 aromatic rings. The first-order chi connectivity index (χ1) is 11.2. The molecular weight excluding hydrogens is 296 g/mol. The lowest BCUT2D eigenvalue weighted by molar-refractivity contribution is -0.0268. The van der Waals surface area contributed by atoms with E-state index >= 15 is 0 Å². The number of methoxy groups -OCH3 is 1. The lowest BCUT2D eigenvalue weighted by Gasteiger charge is -2.33. The number of hydrogen-bond donors (Lipinski definition) is 1. The molecule has 130 valence electrons. The second-order valence-electron chi connectivity index (χ2n) is 5.93. The van der Waals surface area contributed by atoms with Crippen molar-refractivity contribution in [2.75, 3.05) is 46.5 Å². The molecule has 7 nitrogen and oxygen atoms in total. The van der Waals surface area contributed by atoms with Gasteiger partial charge in [0.05, 0.1) is 12.7 Å². The summed E-state index contributed by atoms with van der Waals surface area (Å²) in [5.41, 5.74) is 0.443. The van der Waals surface area contributed by atoms with Crippen LogP contribution >= 0.6 is 0 Å². The van der Waals surface area contributed by atoms with E-state index in [1.54, 1.807) is 31.1 Å². The number of unbranched alkanes of at least 4 members (excludes halogenated alkanes) is 2. The van der Waals surface area contributed by atoms with Crippen molar-refractivity contribution in [3.8, 4) is 0 Å². The Kier molecular flexibility index (Phi) is 7.51. The molecule has 2 rings (SSSR count). The molecule has 2 heterocycles. The number of aromatic nitrogens is 2. The topological polar surface area (TPSA) is 68.6 Å². The van der Waals surface area contributed by atoms with Gasteiger partial charge in [0.1, 0.15) is 5.69 Å². The number of amides is 1. The molecule has 1 N–H and O–H groups in total. The number of morpholine rings is 1. The molecule has 7 heteroatoms. The van der Waals surface area contributed by atoms with Gasteiger partial charge in [0.25, 0.3) is 5.91 Å². The molecule has 1 saturated heterocycles. The van der Waals surface area contributed by atoms with Crippen molar-refractivity contribution < 1.29 is 14.3 Å². The van der Waals surface area contributed by atoms with Crippen LogP contribution in [0.25, 0.3) is 0 Å². The summed E-state index contributed by atoms with van der Waals surface area (Å²) in [7, 11) is 3.54. The van der Waals surface area contributed by atoms with Crippen molar-refractivity contribution in [1.82, 2.24) is 20.0 Å². The Bertz CT molecular complexity index is 478. The molecule has 1 fully saturated rings. The highest BCUT2D eigenvalue weighted by atomic mass is 16.5. The zero-order valence-electron chi connectivity index (χ0n) is 14.2. The van der Waals surface area contributed by atoms with Crippen molar-refractivity contribution in [3.05, 3.63) is 18.0 Å². The number of nitrogens with one attached hydrogen (secondary N) is 1. The Balaban J connectivity index is 1.64. The van der Waals surface area contributed by atoms with Gasteiger partial charge in [-0.3, -0.25) is 14.4 Å². The fourth-order valence-corrected chi connectivity index (χ4v) is 2.70. The minimum Gasteiger partial charge on any atom is -0.385 e. The van der Waals surface area contributed by atoms with E-state index in [-0.39, 0.29) is 12.0 Å². The van der Waals surface area contributed by atoms with Crippen LogP contribution in [0.4, 0.5) is 0 Å². The van der Waals surface area contributed by atoms with Gasteiger partial charge < -0.3 is 14.8 Å². The smallest absolute Gasteiger partial charge is 0.271 e. The molecule has 1 aliphatic heterocycles. The van der Waals surface area contributed by atoms with Gasteiger partial charge in [0.15, 0.2) is 0 Å². The summed E-state index contributed by atoms with van der Waals surface area (Å²) in [5, 5.41) is 7.00. The van der Waals surface area contributed by atoms with Crippen molar-refractivity contribution in [2.45, 2.75) is 25.4 Å². The average Bonchev–Trinajstić information content (AvgIpc) is 2.99. The predicted octanol–water partition coefficient (Wildman–Crippen LogP) is 0.667. The molecule has 1 aromatic heterocycles. The van der Waals surface area contributed by atoms with Crippen LogP contribution in [0.15, 0.2) is 12.3 Å². The molecule has 0 bridgehead atoms. The second-order valence-corrected chi connectivity index (χ2v) is 5.93. The number of ether oxygens (including phenoxy) is 2. The highest BCUT2D eigenvalue weighted by Crippen LogP contribution is 2.07. The molecule has 1 amide bonds.